The molecule has 0 spiro atoms. The normalized spacial score (nSPS) is 12.2. The van der Waals surface area contributed by atoms with Gasteiger partial charge in [0.25, 0.3) is 0 Å². The van der Waals surface area contributed by atoms with Gasteiger partial charge in [-0.15, -0.1) is 0 Å². The van der Waals surface area contributed by atoms with Crippen LogP contribution in [0.2, 0.25) is 0 Å². The van der Waals surface area contributed by atoms with Crippen LogP contribution in [-0.2, 0) is 0 Å². The number of fused-ring (bicyclic) bond motifs is 1. The molecule has 1 atom stereocenters. The molecule has 0 bridgehead atoms. The molecule has 1 unspecified atom stereocenters. The Hall–Kier alpha value is -2.57. The average molecular weight is 275 g/mol. The maximum absolute atomic E-state index is 9.18. The van der Waals surface area contributed by atoms with Crippen molar-refractivity contribution in [1.29, 1.82) is 5.26 Å². The quantitative estimate of drug-likeness (QED) is 0.765. The number of H-pyrrole nitrogens is 1. The summed E-state index contributed by atoms with van der Waals surface area (Å²) in [6.45, 7) is 0.635. The summed E-state index contributed by atoms with van der Waals surface area (Å²) in [7, 11) is 0. The Morgan fingerprint density at radius 2 is 1.90 bits per heavy atom. The van der Waals surface area contributed by atoms with Crippen LogP contribution in [0.15, 0.2) is 54.7 Å². The van der Waals surface area contributed by atoms with E-state index < -0.39 is 0 Å². The smallest absolute Gasteiger partial charge is 0.101 e. The summed E-state index contributed by atoms with van der Waals surface area (Å²) in [5.74, 6) is 0.266. The average Bonchev–Trinajstić information content (AvgIpc) is 2.95. The minimum Gasteiger partial charge on any atom is -0.360 e. The van der Waals surface area contributed by atoms with E-state index in [0.29, 0.717) is 12.1 Å². The molecule has 0 radical (unpaired) electrons. The third-order valence-electron chi connectivity index (χ3n) is 3.89. The molecule has 2 aromatic carbocycles. The van der Waals surface area contributed by atoms with Gasteiger partial charge in [0.2, 0.25) is 0 Å². The predicted molar refractivity (Wildman–Crippen MR) is 85.0 cm³/mol. The second kappa shape index (κ2) is 5.82. The van der Waals surface area contributed by atoms with E-state index in [4.69, 9.17) is 5.73 Å². The van der Waals surface area contributed by atoms with Crippen molar-refractivity contribution in [2.75, 3.05) is 6.54 Å². The second-order valence-corrected chi connectivity index (χ2v) is 5.16. The van der Waals surface area contributed by atoms with Crippen molar-refractivity contribution in [2.45, 2.75) is 12.3 Å². The molecule has 0 aliphatic heterocycles. The lowest BCUT2D eigenvalue weighted by atomic mass is 9.88. The van der Waals surface area contributed by atoms with Crippen LogP contribution in [0.1, 0.15) is 29.0 Å². The zero-order valence-corrected chi connectivity index (χ0v) is 11.7. The Bertz CT molecular complexity index is 781. The highest BCUT2D eigenvalue weighted by atomic mass is 14.7. The summed E-state index contributed by atoms with van der Waals surface area (Å²) in [4.78, 5) is 3.13. The fourth-order valence-electron chi connectivity index (χ4n) is 2.83. The van der Waals surface area contributed by atoms with Crippen molar-refractivity contribution in [3.8, 4) is 6.07 Å². The minimum absolute atomic E-state index is 0.266. The molecule has 1 heterocycles. The molecule has 3 aromatic rings. The number of hydrogen-bond donors (Lipinski definition) is 2. The standard InChI is InChI=1S/C18H17N3/c19-9-8-16(13-4-2-1-3-5-13)14-6-7-18-17(10-14)15(11-20)12-21-18/h1-7,10,12,16,21H,8-9,19H2. The first-order chi connectivity index (χ1) is 10.3. The van der Waals surface area contributed by atoms with Gasteiger partial charge in [0, 0.05) is 23.0 Å². The number of aromatic amines is 1. The molecule has 21 heavy (non-hydrogen) atoms. The van der Waals surface area contributed by atoms with Crippen molar-refractivity contribution >= 4 is 10.9 Å². The Balaban J connectivity index is 2.09. The van der Waals surface area contributed by atoms with Crippen molar-refractivity contribution < 1.29 is 0 Å². The number of nitrogens with zero attached hydrogens (tertiary/aromatic N) is 1. The highest BCUT2D eigenvalue weighted by Gasteiger charge is 2.14. The van der Waals surface area contributed by atoms with Crippen molar-refractivity contribution in [3.63, 3.8) is 0 Å². The number of rotatable bonds is 4. The molecule has 0 fully saturated rings. The lowest BCUT2D eigenvalue weighted by molar-refractivity contribution is 0.727. The molecule has 3 nitrogen and oxygen atoms in total. The molecule has 3 rings (SSSR count). The van der Waals surface area contributed by atoms with Gasteiger partial charge < -0.3 is 10.7 Å². The molecule has 0 saturated carbocycles. The summed E-state index contributed by atoms with van der Waals surface area (Å²) in [6, 6.07) is 18.9. The molecule has 0 saturated heterocycles. The summed E-state index contributed by atoms with van der Waals surface area (Å²) < 4.78 is 0. The molecule has 0 aliphatic rings. The Labute approximate surface area is 124 Å². The zero-order chi connectivity index (χ0) is 14.7. The van der Waals surface area contributed by atoms with E-state index in [1.54, 1.807) is 6.20 Å². The SMILES string of the molecule is N#Cc1c[nH]c2ccc(C(CCN)c3ccccc3)cc12. The Morgan fingerprint density at radius 1 is 1.10 bits per heavy atom. The van der Waals surface area contributed by atoms with Gasteiger partial charge in [0.05, 0.1) is 5.56 Å². The third-order valence-corrected chi connectivity index (χ3v) is 3.89. The molecule has 3 N–H and O–H groups in total. The predicted octanol–water partition coefficient (Wildman–Crippen LogP) is 3.52. The fraction of sp³-hybridized carbons (Fsp3) is 0.167. The number of hydrogen-bond acceptors (Lipinski definition) is 2. The number of nitrogens with one attached hydrogen (secondary N) is 1. The van der Waals surface area contributed by atoms with Crippen molar-refractivity contribution in [1.82, 2.24) is 4.98 Å². The van der Waals surface area contributed by atoms with E-state index in [-0.39, 0.29) is 5.92 Å². The van der Waals surface area contributed by atoms with Crippen molar-refractivity contribution in [2.24, 2.45) is 5.73 Å². The third kappa shape index (κ3) is 2.54. The largest absolute Gasteiger partial charge is 0.360 e. The van der Waals surface area contributed by atoms with Crippen LogP contribution in [0.3, 0.4) is 0 Å². The lowest BCUT2D eigenvalue weighted by Crippen LogP contribution is -2.08. The van der Waals surface area contributed by atoms with E-state index in [2.05, 4.69) is 35.3 Å². The first-order valence-corrected chi connectivity index (χ1v) is 7.09. The second-order valence-electron chi connectivity index (χ2n) is 5.16. The first-order valence-electron chi connectivity index (χ1n) is 7.09. The molecule has 1 aromatic heterocycles. The molecule has 0 amide bonds. The van der Waals surface area contributed by atoms with Crippen LogP contribution in [-0.4, -0.2) is 11.5 Å². The first kappa shape index (κ1) is 13.4. The number of aromatic nitrogens is 1. The van der Waals surface area contributed by atoms with Gasteiger partial charge in [-0.3, -0.25) is 0 Å². The molecule has 104 valence electrons. The van der Waals surface area contributed by atoms with Crippen LogP contribution >= 0.6 is 0 Å². The monoisotopic (exact) mass is 275 g/mol. The number of nitrogens with two attached hydrogens (primary N) is 1. The summed E-state index contributed by atoms with van der Waals surface area (Å²) in [5, 5.41) is 10.2. The van der Waals surface area contributed by atoms with E-state index in [0.717, 1.165) is 17.3 Å². The van der Waals surface area contributed by atoms with Gasteiger partial charge >= 0.3 is 0 Å². The fourth-order valence-corrected chi connectivity index (χ4v) is 2.83. The van der Waals surface area contributed by atoms with Gasteiger partial charge in [0.1, 0.15) is 6.07 Å². The van der Waals surface area contributed by atoms with Crippen LogP contribution in [0.25, 0.3) is 10.9 Å². The molecular weight excluding hydrogens is 258 g/mol. The maximum atomic E-state index is 9.18. The van der Waals surface area contributed by atoms with Gasteiger partial charge in [-0.1, -0.05) is 36.4 Å². The van der Waals surface area contributed by atoms with Gasteiger partial charge in [-0.2, -0.15) is 5.26 Å². The summed E-state index contributed by atoms with van der Waals surface area (Å²) in [6.07, 6.45) is 2.65. The Morgan fingerprint density at radius 3 is 2.62 bits per heavy atom. The highest BCUT2D eigenvalue weighted by Crippen LogP contribution is 2.30. The van der Waals surface area contributed by atoms with Crippen molar-refractivity contribution in [3.05, 3.63) is 71.4 Å². The lowest BCUT2D eigenvalue weighted by Gasteiger charge is -2.17. The van der Waals surface area contributed by atoms with E-state index in [1.807, 2.05) is 24.3 Å². The topological polar surface area (TPSA) is 65.6 Å². The summed E-state index contributed by atoms with van der Waals surface area (Å²) >= 11 is 0. The highest BCUT2D eigenvalue weighted by molar-refractivity contribution is 5.86. The van der Waals surface area contributed by atoms with Crippen LogP contribution in [0, 0.1) is 11.3 Å². The van der Waals surface area contributed by atoms with E-state index in [9.17, 15) is 5.26 Å². The molecule has 0 aliphatic carbocycles. The van der Waals surface area contributed by atoms with Gasteiger partial charge in [0.15, 0.2) is 0 Å². The van der Waals surface area contributed by atoms with Crippen LogP contribution < -0.4 is 5.73 Å². The molecular formula is C18H17N3. The van der Waals surface area contributed by atoms with Gasteiger partial charge in [-0.25, -0.2) is 0 Å². The maximum Gasteiger partial charge on any atom is 0.101 e. The summed E-state index contributed by atoms with van der Waals surface area (Å²) in [5.41, 5.74) is 9.94. The van der Waals surface area contributed by atoms with Crippen LogP contribution in [0.4, 0.5) is 0 Å². The number of benzene rings is 2. The van der Waals surface area contributed by atoms with Crippen LogP contribution in [0.5, 0.6) is 0 Å². The zero-order valence-electron chi connectivity index (χ0n) is 11.7. The van der Waals surface area contributed by atoms with Gasteiger partial charge in [-0.05, 0) is 36.2 Å². The minimum atomic E-state index is 0.266. The number of nitriles is 1. The Kier molecular flexibility index (Phi) is 3.72. The van der Waals surface area contributed by atoms with E-state index in [1.165, 1.54) is 11.1 Å². The molecule has 3 heteroatoms. The van der Waals surface area contributed by atoms with E-state index >= 15 is 0 Å².